The number of hydrogen-bond acceptors (Lipinski definition) is 5. The number of ether oxygens (including phenoxy) is 1. The fraction of sp³-hybridized carbons (Fsp3) is 0.480. The van der Waals surface area contributed by atoms with E-state index in [4.69, 9.17) is 4.74 Å². The van der Waals surface area contributed by atoms with Crippen molar-refractivity contribution in [1.82, 2.24) is 9.88 Å². The maximum Gasteiger partial charge on any atom is 0.329 e. The summed E-state index contributed by atoms with van der Waals surface area (Å²) in [4.78, 5) is 32.2. The van der Waals surface area contributed by atoms with Crippen LogP contribution in [-0.4, -0.2) is 40.4 Å². The van der Waals surface area contributed by atoms with Gasteiger partial charge in [0.1, 0.15) is 18.5 Å². The van der Waals surface area contributed by atoms with E-state index in [-0.39, 0.29) is 24.4 Å². The lowest BCUT2D eigenvalue weighted by Crippen LogP contribution is -2.51. The maximum absolute atomic E-state index is 13.3. The number of hydrogen-bond donors (Lipinski definition) is 1. The number of piperidine rings is 1. The number of nitrogens with one attached hydrogen (secondary N) is 1. The van der Waals surface area contributed by atoms with E-state index in [0.29, 0.717) is 19.0 Å². The quantitative estimate of drug-likeness (QED) is 0.709. The summed E-state index contributed by atoms with van der Waals surface area (Å²) < 4.78 is 5.57. The van der Waals surface area contributed by atoms with Crippen molar-refractivity contribution < 1.29 is 14.3 Å². The number of esters is 1. The molecule has 1 amide bonds. The first-order chi connectivity index (χ1) is 15.2. The van der Waals surface area contributed by atoms with Gasteiger partial charge in [-0.2, -0.15) is 0 Å². The minimum Gasteiger partial charge on any atom is -0.459 e. The minimum absolute atomic E-state index is 0.00990. The van der Waals surface area contributed by atoms with Gasteiger partial charge in [0.15, 0.2) is 0 Å². The van der Waals surface area contributed by atoms with Crippen LogP contribution in [0.15, 0.2) is 54.7 Å². The average Bonchev–Trinajstić information content (AvgIpc) is 2.84. The molecular formula is C25H31N3O3. The van der Waals surface area contributed by atoms with E-state index in [1.807, 2.05) is 48.5 Å². The summed E-state index contributed by atoms with van der Waals surface area (Å²) in [6.45, 7) is 0.901. The van der Waals surface area contributed by atoms with Crippen molar-refractivity contribution in [3.63, 3.8) is 0 Å². The van der Waals surface area contributed by atoms with Crippen LogP contribution >= 0.6 is 0 Å². The molecule has 2 aromatic rings. The predicted molar refractivity (Wildman–Crippen MR) is 119 cm³/mol. The highest BCUT2D eigenvalue weighted by molar-refractivity contribution is 5.86. The van der Waals surface area contributed by atoms with Crippen LogP contribution in [0.3, 0.4) is 0 Å². The third-order valence-electron chi connectivity index (χ3n) is 6.38. The third kappa shape index (κ3) is 5.63. The molecule has 1 N–H and O–H groups in total. The molecule has 6 heteroatoms. The Morgan fingerprint density at radius 3 is 2.48 bits per heavy atom. The lowest BCUT2D eigenvalue weighted by molar-refractivity contribution is -0.159. The van der Waals surface area contributed by atoms with Crippen molar-refractivity contribution in [3.05, 3.63) is 60.3 Å². The van der Waals surface area contributed by atoms with E-state index >= 15 is 0 Å². The molecule has 1 aromatic heterocycles. The monoisotopic (exact) mass is 421 g/mol. The molecule has 1 aliphatic carbocycles. The smallest absolute Gasteiger partial charge is 0.329 e. The van der Waals surface area contributed by atoms with Gasteiger partial charge in [0.2, 0.25) is 5.91 Å². The Morgan fingerprint density at radius 2 is 1.74 bits per heavy atom. The molecular weight excluding hydrogens is 390 g/mol. The minimum atomic E-state index is -0.450. The van der Waals surface area contributed by atoms with Gasteiger partial charge in [-0.05, 0) is 62.6 Å². The van der Waals surface area contributed by atoms with Crippen molar-refractivity contribution in [3.8, 4) is 0 Å². The summed E-state index contributed by atoms with van der Waals surface area (Å²) >= 11 is 0. The Bertz CT molecular complexity index is 851. The molecule has 164 valence electrons. The summed E-state index contributed by atoms with van der Waals surface area (Å²) in [5.74, 6) is 0.721. The van der Waals surface area contributed by atoms with Gasteiger partial charge in [-0.15, -0.1) is 0 Å². The summed E-state index contributed by atoms with van der Waals surface area (Å²) in [7, 11) is 0. The van der Waals surface area contributed by atoms with Gasteiger partial charge >= 0.3 is 5.97 Å². The Kier molecular flexibility index (Phi) is 7.18. The fourth-order valence-electron chi connectivity index (χ4n) is 4.64. The van der Waals surface area contributed by atoms with Crippen molar-refractivity contribution in [2.45, 2.75) is 63.6 Å². The highest BCUT2D eigenvalue weighted by Gasteiger charge is 2.37. The van der Waals surface area contributed by atoms with Crippen molar-refractivity contribution in [2.24, 2.45) is 5.92 Å². The zero-order chi connectivity index (χ0) is 21.5. The lowest BCUT2D eigenvalue weighted by Gasteiger charge is -2.38. The van der Waals surface area contributed by atoms with Gasteiger partial charge in [0.05, 0.1) is 0 Å². The molecule has 1 atom stereocenters. The van der Waals surface area contributed by atoms with Crippen LogP contribution in [0.25, 0.3) is 0 Å². The number of amides is 1. The molecule has 0 spiro atoms. The molecule has 1 unspecified atom stereocenters. The molecule has 2 heterocycles. The van der Waals surface area contributed by atoms with Crippen LogP contribution in [0.5, 0.6) is 0 Å². The number of anilines is 1. The molecule has 4 rings (SSSR count). The van der Waals surface area contributed by atoms with Crippen LogP contribution in [0.4, 0.5) is 5.82 Å². The first-order valence-corrected chi connectivity index (χ1v) is 11.4. The topological polar surface area (TPSA) is 71.5 Å². The van der Waals surface area contributed by atoms with E-state index < -0.39 is 6.04 Å². The van der Waals surface area contributed by atoms with Crippen LogP contribution in [0, 0.1) is 5.92 Å². The lowest BCUT2D eigenvalue weighted by atomic mass is 9.84. The number of pyridine rings is 1. The van der Waals surface area contributed by atoms with Crippen LogP contribution in [-0.2, 0) is 20.9 Å². The second-order valence-corrected chi connectivity index (χ2v) is 8.54. The Balaban J connectivity index is 1.30. The molecule has 1 saturated heterocycles. The highest BCUT2D eigenvalue weighted by atomic mass is 16.5. The average molecular weight is 422 g/mol. The Hall–Kier alpha value is -2.89. The van der Waals surface area contributed by atoms with E-state index in [1.165, 1.54) is 0 Å². The summed E-state index contributed by atoms with van der Waals surface area (Å²) in [6, 6.07) is 15.4. The number of rotatable bonds is 6. The largest absolute Gasteiger partial charge is 0.459 e. The van der Waals surface area contributed by atoms with Crippen molar-refractivity contribution >= 4 is 17.7 Å². The molecule has 1 aliphatic heterocycles. The molecule has 1 aromatic carbocycles. The molecule has 2 fully saturated rings. The number of nitrogens with zero attached hydrogens (tertiary/aromatic N) is 2. The Labute approximate surface area is 184 Å². The number of aromatic nitrogens is 1. The Morgan fingerprint density at radius 1 is 0.968 bits per heavy atom. The second-order valence-electron chi connectivity index (χ2n) is 8.54. The first-order valence-electron chi connectivity index (χ1n) is 11.4. The van der Waals surface area contributed by atoms with Gasteiger partial charge < -0.3 is 15.0 Å². The van der Waals surface area contributed by atoms with Gasteiger partial charge in [0.25, 0.3) is 0 Å². The maximum atomic E-state index is 13.3. The highest BCUT2D eigenvalue weighted by Crippen LogP contribution is 2.30. The van der Waals surface area contributed by atoms with Gasteiger partial charge in [0, 0.05) is 24.7 Å². The number of carbonyl (C=O) groups excluding carboxylic acids is 2. The van der Waals surface area contributed by atoms with E-state index in [2.05, 4.69) is 10.3 Å². The normalized spacial score (nSPS) is 23.7. The van der Waals surface area contributed by atoms with E-state index in [1.54, 1.807) is 11.1 Å². The SMILES string of the molecule is O=C(OCc1ccccc1)C1CCCCN1C(=O)C1CCC(Nc2ccccn2)CC1. The van der Waals surface area contributed by atoms with E-state index in [9.17, 15) is 9.59 Å². The molecule has 6 nitrogen and oxygen atoms in total. The van der Waals surface area contributed by atoms with Crippen molar-refractivity contribution in [2.75, 3.05) is 11.9 Å². The zero-order valence-corrected chi connectivity index (χ0v) is 17.9. The first kappa shape index (κ1) is 21.3. The fourth-order valence-corrected chi connectivity index (χ4v) is 4.64. The zero-order valence-electron chi connectivity index (χ0n) is 17.9. The van der Waals surface area contributed by atoms with Crippen molar-refractivity contribution in [1.29, 1.82) is 0 Å². The number of carbonyl (C=O) groups is 2. The second kappa shape index (κ2) is 10.4. The van der Waals surface area contributed by atoms with Gasteiger partial charge in [-0.1, -0.05) is 36.4 Å². The van der Waals surface area contributed by atoms with Crippen LogP contribution in [0.2, 0.25) is 0 Å². The predicted octanol–water partition coefficient (Wildman–Crippen LogP) is 4.18. The summed E-state index contributed by atoms with van der Waals surface area (Å²) in [6.07, 6.45) is 7.92. The summed E-state index contributed by atoms with van der Waals surface area (Å²) in [5, 5.41) is 3.47. The number of benzene rings is 1. The molecule has 1 saturated carbocycles. The van der Waals surface area contributed by atoms with E-state index in [0.717, 1.165) is 49.9 Å². The molecule has 31 heavy (non-hydrogen) atoms. The molecule has 0 bridgehead atoms. The standard InChI is InChI=1S/C25H31N3O3/c29-24(20-12-14-21(15-13-20)27-23-11-4-6-16-26-23)28-17-7-5-10-22(28)25(30)31-18-19-8-2-1-3-9-19/h1-4,6,8-9,11,16,20-22H,5,7,10,12-15,17-18H2,(H,26,27). The van der Waals surface area contributed by atoms with Gasteiger partial charge in [-0.25, -0.2) is 9.78 Å². The van der Waals surface area contributed by atoms with Crippen LogP contribution < -0.4 is 5.32 Å². The molecule has 0 radical (unpaired) electrons. The van der Waals surface area contributed by atoms with Crippen LogP contribution in [0.1, 0.15) is 50.5 Å². The van der Waals surface area contributed by atoms with Gasteiger partial charge in [-0.3, -0.25) is 4.79 Å². The third-order valence-corrected chi connectivity index (χ3v) is 6.38. The molecule has 2 aliphatic rings. The summed E-state index contributed by atoms with van der Waals surface area (Å²) in [5.41, 5.74) is 0.961. The number of likely N-dealkylation sites (tertiary alicyclic amines) is 1.